The summed E-state index contributed by atoms with van der Waals surface area (Å²) >= 11 is 0. The lowest BCUT2D eigenvalue weighted by molar-refractivity contribution is 0.220. The van der Waals surface area contributed by atoms with E-state index >= 15 is 0 Å². The van der Waals surface area contributed by atoms with Crippen LogP contribution in [0.25, 0.3) is 0 Å². The molecule has 0 radical (unpaired) electrons. The zero-order valence-corrected chi connectivity index (χ0v) is 22.9. The molecular weight excluding hydrogens is 423 g/mol. The molecule has 0 saturated carbocycles. The van der Waals surface area contributed by atoms with Crippen LogP contribution < -0.4 is 17.2 Å². The lowest BCUT2D eigenvalue weighted by atomic mass is 10.4. The number of hydrogen-bond donors (Lipinski definition) is 3. The van der Waals surface area contributed by atoms with Gasteiger partial charge in [-0.2, -0.15) is 0 Å². The SMILES string of the molecule is CCCC[Si]1(C)O[Si](C)(CCCN)O[Si](C)(CCCN)O[Si](C)(CCCN)O1. The van der Waals surface area contributed by atoms with E-state index in [1.807, 2.05) is 0 Å². The molecule has 0 aromatic heterocycles. The number of unbranched alkanes of at least 4 members (excludes halogenated alkanes) is 1. The van der Waals surface area contributed by atoms with E-state index in [4.69, 9.17) is 33.7 Å². The van der Waals surface area contributed by atoms with Crippen LogP contribution in [0.2, 0.25) is 50.4 Å². The Kier molecular flexibility index (Phi) is 11.3. The molecular formula is C17H45N3O4Si4. The second-order valence-corrected chi connectivity index (χ2v) is 23.1. The number of hydrogen-bond acceptors (Lipinski definition) is 7. The Hall–Kier alpha value is 0.588. The second kappa shape index (κ2) is 11.8. The Balaban J connectivity index is 3.24. The van der Waals surface area contributed by atoms with Crippen LogP contribution in [0.3, 0.4) is 0 Å². The van der Waals surface area contributed by atoms with Crippen LogP contribution in [0, 0.1) is 0 Å². The highest BCUT2D eigenvalue weighted by molar-refractivity contribution is 6.93. The number of nitrogens with two attached hydrogens (primary N) is 3. The van der Waals surface area contributed by atoms with Gasteiger partial charge in [-0.3, -0.25) is 0 Å². The van der Waals surface area contributed by atoms with Crippen LogP contribution in [-0.2, 0) is 16.5 Å². The molecule has 1 aliphatic rings. The summed E-state index contributed by atoms with van der Waals surface area (Å²) in [4.78, 5) is 0. The van der Waals surface area contributed by atoms with Crippen LogP contribution >= 0.6 is 0 Å². The van der Waals surface area contributed by atoms with Gasteiger partial charge in [0.2, 0.25) is 0 Å². The van der Waals surface area contributed by atoms with Crippen molar-refractivity contribution in [1.82, 2.24) is 0 Å². The summed E-state index contributed by atoms with van der Waals surface area (Å²) in [5, 5.41) is 0. The smallest absolute Gasteiger partial charge is 0.317 e. The van der Waals surface area contributed by atoms with Crippen molar-refractivity contribution in [2.75, 3.05) is 19.6 Å². The quantitative estimate of drug-likeness (QED) is 0.377. The van der Waals surface area contributed by atoms with Gasteiger partial charge in [0.1, 0.15) is 0 Å². The van der Waals surface area contributed by atoms with E-state index in [0.29, 0.717) is 19.6 Å². The van der Waals surface area contributed by atoms with Crippen molar-refractivity contribution in [2.45, 2.75) is 89.4 Å². The molecule has 1 heterocycles. The molecule has 1 aliphatic heterocycles. The Morgan fingerprint density at radius 2 is 0.750 bits per heavy atom. The van der Waals surface area contributed by atoms with Crippen LogP contribution in [-0.4, -0.2) is 53.9 Å². The first-order valence-electron chi connectivity index (χ1n) is 11.0. The maximum Gasteiger partial charge on any atom is 0.317 e. The fourth-order valence-corrected chi connectivity index (χ4v) is 27.7. The predicted octanol–water partition coefficient (Wildman–Crippen LogP) is 3.20. The highest BCUT2D eigenvalue weighted by atomic mass is 28.5. The van der Waals surface area contributed by atoms with Crippen molar-refractivity contribution in [3.8, 4) is 0 Å². The summed E-state index contributed by atoms with van der Waals surface area (Å²) in [6.07, 6.45) is 4.94. The minimum Gasteiger partial charge on any atom is -0.416 e. The number of rotatable bonds is 12. The van der Waals surface area contributed by atoms with E-state index in [0.717, 1.165) is 56.3 Å². The molecule has 168 valence electrons. The summed E-state index contributed by atoms with van der Waals surface area (Å²) in [6, 6.07) is 3.63. The van der Waals surface area contributed by atoms with Gasteiger partial charge < -0.3 is 33.7 Å². The minimum absolute atomic E-state index is 0.641. The molecule has 0 amide bonds. The van der Waals surface area contributed by atoms with Crippen molar-refractivity contribution in [3.63, 3.8) is 0 Å². The van der Waals surface area contributed by atoms with Crippen molar-refractivity contribution >= 4 is 34.2 Å². The molecule has 11 heteroatoms. The Bertz CT molecular complexity index is 374. The summed E-state index contributed by atoms with van der Waals surface area (Å²) < 4.78 is 27.7. The first kappa shape index (κ1) is 26.6. The van der Waals surface area contributed by atoms with Crippen LogP contribution in [0.15, 0.2) is 0 Å². The fraction of sp³-hybridized carbons (Fsp3) is 1.00. The summed E-state index contributed by atoms with van der Waals surface area (Å²) in [7, 11) is -9.80. The van der Waals surface area contributed by atoms with Crippen molar-refractivity contribution in [3.05, 3.63) is 0 Å². The molecule has 0 spiro atoms. The summed E-state index contributed by atoms with van der Waals surface area (Å²) in [5.74, 6) is 0. The molecule has 0 aromatic carbocycles. The standard InChI is InChI=1S/C17H45N3O4Si4/c1-6-7-14-25(2)21-26(3,15-8-11-18)23-28(5,17-10-13-20)24-27(4,22-25)16-9-12-19/h6-20H2,1-5H3. The molecule has 1 saturated heterocycles. The van der Waals surface area contributed by atoms with Crippen LogP contribution in [0.5, 0.6) is 0 Å². The maximum atomic E-state index is 6.93. The fourth-order valence-electron chi connectivity index (χ4n) is 4.09. The zero-order valence-electron chi connectivity index (χ0n) is 18.9. The molecule has 0 bridgehead atoms. The first-order valence-corrected chi connectivity index (χ1v) is 21.1. The monoisotopic (exact) mass is 467 g/mol. The van der Waals surface area contributed by atoms with Crippen molar-refractivity contribution in [2.24, 2.45) is 17.2 Å². The highest BCUT2D eigenvalue weighted by Gasteiger charge is 2.56. The van der Waals surface area contributed by atoms with E-state index in [9.17, 15) is 0 Å². The largest absolute Gasteiger partial charge is 0.416 e. The lowest BCUT2D eigenvalue weighted by Gasteiger charge is -2.50. The minimum atomic E-state index is -2.47. The van der Waals surface area contributed by atoms with E-state index in [2.05, 4.69) is 33.1 Å². The Morgan fingerprint density at radius 3 is 0.964 bits per heavy atom. The summed E-state index contributed by atoms with van der Waals surface area (Å²) in [6.45, 7) is 12.9. The average Bonchev–Trinajstić information content (AvgIpc) is 2.60. The van der Waals surface area contributed by atoms with E-state index < -0.39 is 34.2 Å². The summed E-state index contributed by atoms with van der Waals surface area (Å²) in [5.41, 5.74) is 17.4. The zero-order chi connectivity index (χ0) is 21.3. The van der Waals surface area contributed by atoms with Gasteiger partial charge in [0, 0.05) is 0 Å². The van der Waals surface area contributed by atoms with Gasteiger partial charge in [0.05, 0.1) is 0 Å². The molecule has 28 heavy (non-hydrogen) atoms. The second-order valence-electron chi connectivity index (χ2n) is 8.72. The van der Waals surface area contributed by atoms with Gasteiger partial charge in [-0.1, -0.05) is 19.8 Å². The van der Waals surface area contributed by atoms with Crippen LogP contribution in [0.1, 0.15) is 39.0 Å². The molecule has 6 N–H and O–H groups in total. The molecule has 2 unspecified atom stereocenters. The first-order chi connectivity index (χ1) is 13.1. The van der Waals surface area contributed by atoms with Crippen molar-refractivity contribution < 1.29 is 16.5 Å². The molecule has 0 aliphatic carbocycles. The average molecular weight is 468 g/mol. The highest BCUT2D eigenvalue weighted by Crippen LogP contribution is 2.38. The van der Waals surface area contributed by atoms with Gasteiger partial charge in [-0.25, -0.2) is 0 Å². The molecule has 1 fully saturated rings. The maximum absolute atomic E-state index is 6.93. The Morgan fingerprint density at radius 1 is 0.500 bits per heavy atom. The third-order valence-electron chi connectivity index (χ3n) is 5.22. The van der Waals surface area contributed by atoms with Gasteiger partial charge in [-0.15, -0.1) is 0 Å². The third-order valence-corrected chi connectivity index (χ3v) is 24.1. The van der Waals surface area contributed by atoms with E-state index in [1.165, 1.54) is 0 Å². The van der Waals surface area contributed by atoms with E-state index in [-0.39, 0.29) is 0 Å². The van der Waals surface area contributed by atoms with Gasteiger partial charge in [0.25, 0.3) is 0 Å². The topological polar surface area (TPSA) is 115 Å². The molecule has 1 rings (SSSR count). The van der Waals surface area contributed by atoms with Crippen LogP contribution in [0.4, 0.5) is 0 Å². The molecule has 0 aromatic rings. The van der Waals surface area contributed by atoms with Gasteiger partial charge >= 0.3 is 34.2 Å². The lowest BCUT2D eigenvalue weighted by Crippen LogP contribution is -2.67. The Labute approximate surface area is 177 Å². The van der Waals surface area contributed by atoms with E-state index in [1.54, 1.807) is 0 Å². The predicted molar refractivity (Wildman–Crippen MR) is 126 cm³/mol. The van der Waals surface area contributed by atoms with Gasteiger partial charge in [0.15, 0.2) is 0 Å². The third kappa shape index (κ3) is 8.76. The molecule has 7 nitrogen and oxygen atoms in total. The normalized spacial score (nSPS) is 36.9. The van der Waals surface area contributed by atoms with Gasteiger partial charge in [-0.05, 0) is 89.3 Å². The van der Waals surface area contributed by atoms with Crippen molar-refractivity contribution in [1.29, 1.82) is 0 Å². The molecule has 2 atom stereocenters.